The Morgan fingerprint density at radius 1 is 1.24 bits per heavy atom. The summed E-state index contributed by atoms with van der Waals surface area (Å²) in [4.78, 5) is 5.42. The standard InChI is InChI=1S/C21H35N3O/c1-4-19-15-22-10-13-24(19)21(16-23-11-8-17(2)9-12-23)18-6-5-7-20(14-18)25-3/h5-7,14,17,19,21-22H,4,8-13,15-16H2,1-3H3. The fraction of sp³-hybridized carbons (Fsp3) is 0.714. The Balaban J connectivity index is 1.81. The molecule has 2 aliphatic rings. The van der Waals surface area contributed by atoms with Crippen molar-refractivity contribution in [3.05, 3.63) is 29.8 Å². The normalized spacial score (nSPS) is 25.0. The molecule has 2 saturated heterocycles. The van der Waals surface area contributed by atoms with Crippen LogP contribution >= 0.6 is 0 Å². The van der Waals surface area contributed by atoms with Gasteiger partial charge in [0.2, 0.25) is 0 Å². The zero-order valence-electron chi connectivity index (χ0n) is 16.2. The summed E-state index contributed by atoms with van der Waals surface area (Å²) in [7, 11) is 1.76. The Morgan fingerprint density at radius 2 is 2.04 bits per heavy atom. The summed E-state index contributed by atoms with van der Waals surface area (Å²) >= 11 is 0. The first kappa shape index (κ1) is 18.7. The topological polar surface area (TPSA) is 27.7 Å². The molecule has 2 fully saturated rings. The van der Waals surface area contributed by atoms with E-state index >= 15 is 0 Å². The van der Waals surface area contributed by atoms with E-state index in [-0.39, 0.29) is 0 Å². The number of ether oxygens (including phenoxy) is 1. The predicted octanol–water partition coefficient (Wildman–Crippen LogP) is 3.15. The predicted molar refractivity (Wildman–Crippen MR) is 104 cm³/mol. The van der Waals surface area contributed by atoms with E-state index in [0.29, 0.717) is 12.1 Å². The maximum absolute atomic E-state index is 5.51. The first-order valence-electron chi connectivity index (χ1n) is 10.0. The van der Waals surface area contributed by atoms with Gasteiger partial charge in [0, 0.05) is 38.3 Å². The first-order chi connectivity index (χ1) is 12.2. The van der Waals surface area contributed by atoms with Crippen molar-refractivity contribution in [1.82, 2.24) is 15.1 Å². The molecule has 0 saturated carbocycles. The molecule has 2 heterocycles. The van der Waals surface area contributed by atoms with E-state index in [1.807, 2.05) is 0 Å². The molecule has 2 aliphatic heterocycles. The van der Waals surface area contributed by atoms with Gasteiger partial charge in [0.25, 0.3) is 0 Å². The fourth-order valence-electron chi connectivity index (χ4n) is 4.31. The number of nitrogens with one attached hydrogen (secondary N) is 1. The van der Waals surface area contributed by atoms with Crippen molar-refractivity contribution < 1.29 is 4.74 Å². The summed E-state index contributed by atoms with van der Waals surface area (Å²) in [6.45, 7) is 11.6. The van der Waals surface area contributed by atoms with Crippen molar-refractivity contribution >= 4 is 0 Å². The van der Waals surface area contributed by atoms with E-state index in [1.54, 1.807) is 7.11 Å². The molecule has 1 aromatic carbocycles. The Labute approximate surface area is 153 Å². The molecule has 4 heteroatoms. The first-order valence-corrected chi connectivity index (χ1v) is 10.0. The number of rotatable bonds is 6. The third-order valence-electron chi connectivity index (χ3n) is 6.05. The van der Waals surface area contributed by atoms with Gasteiger partial charge in [-0.1, -0.05) is 26.0 Å². The molecule has 0 amide bonds. The lowest BCUT2D eigenvalue weighted by atomic mass is 9.96. The van der Waals surface area contributed by atoms with Crippen molar-refractivity contribution in [3.8, 4) is 5.75 Å². The van der Waals surface area contributed by atoms with Crippen LogP contribution in [-0.4, -0.2) is 62.2 Å². The smallest absolute Gasteiger partial charge is 0.119 e. The molecule has 0 aromatic heterocycles. The summed E-state index contributed by atoms with van der Waals surface area (Å²) in [5.74, 6) is 1.85. The molecule has 25 heavy (non-hydrogen) atoms. The highest BCUT2D eigenvalue weighted by Crippen LogP contribution is 2.30. The number of piperidine rings is 1. The van der Waals surface area contributed by atoms with Crippen LogP contribution in [0.15, 0.2) is 24.3 Å². The van der Waals surface area contributed by atoms with Crippen molar-refractivity contribution in [2.45, 2.75) is 45.2 Å². The molecule has 4 nitrogen and oxygen atoms in total. The molecule has 1 N–H and O–H groups in total. The minimum Gasteiger partial charge on any atom is -0.497 e. The SMILES string of the molecule is CCC1CNCCN1C(CN1CCC(C)CC1)c1cccc(OC)c1. The van der Waals surface area contributed by atoms with Crippen LogP contribution in [0.2, 0.25) is 0 Å². The van der Waals surface area contributed by atoms with Crippen LogP contribution < -0.4 is 10.1 Å². The Morgan fingerprint density at radius 3 is 2.76 bits per heavy atom. The summed E-state index contributed by atoms with van der Waals surface area (Å²) < 4.78 is 5.51. The minimum absolute atomic E-state index is 0.454. The number of hydrogen-bond acceptors (Lipinski definition) is 4. The quantitative estimate of drug-likeness (QED) is 0.857. The maximum Gasteiger partial charge on any atom is 0.119 e. The molecule has 0 aliphatic carbocycles. The summed E-state index contributed by atoms with van der Waals surface area (Å²) in [6, 6.07) is 9.80. The fourth-order valence-corrected chi connectivity index (χ4v) is 4.31. The van der Waals surface area contributed by atoms with Crippen LogP contribution in [0.1, 0.15) is 44.7 Å². The van der Waals surface area contributed by atoms with E-state index in [1.165, 1.54) is 37.9 Å². The van der Waals surface area contributed by atoms with Gasteiger partial charge in [-0.15, -0.1) is 0 Å². The zero-order valence-corrected chi connectivity index (χ0v) is 16.2. The van der Waals surface area contributed by atoms with Gasteiger partial charge in [-0.2, -0.15) is 0 Å². The Bertz CT molecular complexity index is 528. The molecule has 2 unspecified atom stereocenters. The largest absolute Gasteiger partial charge is 0.497 e. The van der Waals surface area contributed by atoms with Gasteiger partial charge in [0.15, 0.2) is 0 Å². The molecule has 0 radical (unpaired) electrons. The van der Waals surface area contributed by atoms with Gasteiger partial charge in [-0.05, 0) is 56.0 Å². The Kier molecular flexibility index (Phi) is 6.74. The molecular weight excluding hydrogens is 310 g/mol. The van der Waals surface area contributed by atoms with E-state index in [4.69, 9.17) is 4.74 Å². The number of piperazine rings is 1. The number of benzene rings is 1. The molecular formula is C21H35N3O. The average Bonchev–Trinajstić information content (AvgIpc) is 2.67. The van der Waals surface area contributed by atoms with Gasteiger partial charge < -0.3 is 15.0 Å². The van der Waals surface area contributed by atoms with Crippen LogP contribution in [0.25, 0.3) is 0 Å². The second-order valence-corrected chi connectivity index (χ2v) is 7.78. The molecule has 2 atom stereocenters. The van der Waals surface area contributed by atoms with Crippen LogP contribution in [0, 0.1) is 5.92 Å². The number of methoxy groups -OCH3 is 1. The number of likely N-dealkylation sites (tertiary alicyclic amines) is 1. The lowest BCUT2D eigenvalue weighted by molar-refractivity contribution is 0.0640. The highest BCUT2D eigenvalue weighted by Gasteiger charge is 2.31. The van der Waals surface area contributed by atoms with Crippen LogP contribution in [0.5, 0.6) is 5.75 Å². The minimum atomic E-state index is 0.454. The average molecular weight is 346 g/mol. The third kappa shape index (κ3) is 4.75. The van der Waals surface area contributed by atoms with Crippen LogP contribution in [-0.2, 0) is 0 Å². The van der Waals surface area contributed by atoms with Gasteiger partial charge in [-0.25, -0.2) is 0 Å². The molecule has 3 rings (SSSR count). The second-order valence-electron chi connectivity index (χ2n) is 7.78. The highest BCUT2D eigenvalue weighted by atomic mass is 16.5. The molecule has 0 spiro atoms. The number of hydrogen-bond donors (Lipinski definition) is 1. The van der Waals surface area contributed by atoms with Gasteiger partial charge >= 0.3 is 0 Å². The second kappa shape index (κ2) is 9.02. The van der Waals surface area contributed by atoms with Gasteiger partial charge in [0.05, 0.1) is 7.11 Å². The summed E-state index contributed by atoms with van der Waals surface area (Å²) in [6.07, 6.45) is 3.87. The van der Waals surface area contributed by atoms with E-state index < -0.39 is 0 Å². The zero-order chi connectivity index (χ0) is 17.6. The molecule has 140 valence electrons. The lowest BCUT2D eigenvalue weighted by Crippen LogP contribution is -2.54. The van der Waals surface area contributed by atoms with E-state index in [9.17, 15) is 0 Å². The van der Waals surface area contributed by atoms with Crippen LogP contribution in [0.4, 0.5) is 0 Å². The monoisotopic (exact) mass is 345 g/mol. The molecule has 1 aromatic rings. The Hall–Kier alpha value is -1.10. The number of nitrogens with zero attached hydrogens (tertiary/aromatic N) is 2. The van der Waals surface area contributed by atoms with Crippen molar-refractivity contribution in [1.29, 1.82) is 0 Å². The summed E-state index contributed by atoms with van der Waals surface area (Å²) in [5, 5.41) is 3.57. The maximum atomic E-state index is 5.51. The van der Waals surface area contributed by atoms with Gasteiger partial charge in [0.1, 0.15) is 5.75 Å². The highest BCUT2D eigenvalue weighted by molar-refractivity contribution is 5.31. The van der Waals surface area contributed by atoms with Crippen molar-refractivity contribution in [2.24, 2.45) is 5.92 Å². The van der Waals surface area contributed by atoms with Crippen molar-refractivity contribution in [3.63, 3.8) is 0 Å². The van der Waals surface area contributed by atoms with Gasteiger partial charge in [-0.3, -0.25) is 4.90 Å². The molecule has 0 bridgehead atoms. The lowest BCUT2D eigenvalue weighted by Gasteiger charge is -2.44. The van der Waals surface area contributed by atoms with E-state index in [0.717, 1.165) is 37.8 Å². The third-order valence-corrected chi connectivity index (χ3v) is 6.05. The van der Waals surface area contributed by atoms with Crippen LogP contribution in [0.3, 0.4) is 0 Å². The summed E-state index contributed by atoms with van der Waals surface area (Å²) in [5.41, 5.74) is 1.40. The van der Waals surface area contributed by atoms with E-state index in [2.05, 4.69) is 53.2 Å². The van der Waals surface area contributed by atoms with Crippen molar-refractivity contribution in [2.75, 3.05) is 46.4 Å².